The van der Waals surface area contributed by atoms with E-state index < -0.39 is 5.41 Å². The van der Waals surface area contributed by atoms with Crippen molar-refractivity contribution in [3.05, 3.63) is 10.4 Å². The standard InChI is InChI=1S/C18H35N5O4S/c1-14(2)22-15(17(25)18(3,4)5)12-28-13-16(24)20-6-8-26-10-11-27-9-7-21-23-19/h14-15,22H,6-13H2,1-5H3,(H,20,24)/t15-/m0/s1. The van der Waals surface area contributed by atoms with Crippen LogP contribution in [0, 0.1) is 5.41 Å². The summed E-state index contributed by atoms with van der Waals surface area (Å²) in [6, 6.07) is -0.0640. The van der Waals surface area contributed by atoms with Crippen molar-refractivity contribution in [3.8, 4) is 0 Å². The molecule has 0 aliphatic carbocycles. The van der Waals surface area contributed by atoms with Gasteiger partial charge in [-0.3, -0.25) is 9.59 Å². The summed E-state index contributed by atoms with van der Waals surface area (Å²) in [4.78, 5) is 27.0. The molecular formula is C18H35N5O4S. The molecule has 0 bridgehead atoms. The molecular weight excluding hydrogens is 382 g/mol. The van der Waals surface area contributed by atoms with Gasteiger partial charge in [-0.1, -0.05) is 39.7 Å². The van der Waals surface area contributed by atoms with E-state index in [0.717, 1.165) is 0 Å². The highest BCUT2D eigenvalue weighted by atomic mass is 32.2. The number of hydrogen-bond acceptors (Lipinski definition) is 7. The molecule has 0 aromatic carbocycles. The lowest BCUT2D eigenvalue weighted by atomic mass is 9.87. The van der Waals surface area contributed by atoms with E-state index in [1.54, 1.807) is 0 Å². The van der Waals surface area contributed by atoms with Crippen molar-refractivity contribution in [2.75, 3.05) is 51.0 Å². The Kier molecular flexibility index (Phi) is 14.9. The lowest BCUT2D eigenvalue weighted by Crippen LogP contribution is -2.47. The number of ketones is 1. The lowest BCUT2D eigenvalue weighted by Gasteiger charge is -2.26. The predicted molar refractivity (Wildman–Crippen MR) is 113 cm³/mol. The van der Waals surface area contributed by atoms with Crippen LogP contribution in [0.3, 0.4) is 0 Å². The molecule has 2 N–H and O–H groups in total. The van der Waals surface area contributed by atoms with Gasteiger partial charge < -0.3 is 20.1 Å². The highest BCUT2D eigenvalue weighted by molar-refractivity contribution is 8.00. The molecule has 1 amide bonds. The summed E-state index contributed by atoms with van der Waals surface area (Å²) in [5.41, 5.74) is 7.69. The molecule has 0 heterocycles. The number of nitrogens with one attached hydrogen (secondary N) is 2. The molecule has 162 valence electrons. The first-order valence-electron chi connectivity index (χ1n) is 9.49. The van der Waals surface area contributed by atoms with E-state index in [4.69, 9.17) is 15.0 Å². The second kappa shape index (κ2) is 15.6. The van der Waals surface area contributed by atoms with E-state index in [0.29, 0.717) is 51.0 Å². The average molecular weight is 418 g/mol. The molecule has 0 fully saturated rings. The summed E-state index contributed by atoms with van der Waals surface area (Å²) >= 11 is 1.45. The minimum absolute atomic E-state index is 0.0780. The monoisotopic (exact) mass is 417 g/mol. The van der Waals surface area contributed by atoms with Crippen LogP contribution in [0.5, 0.6) is 0 Å². The molecule has 0 aliphatic heterocycles. The molecule has 0 rings (SSSR count). The van der Waals surface area contributed by atoms with Gasteiger partial charge in [-0.15, -0.1) is 11.8 Å². The van der Waals surface area contributed by atoms with Gasteiger partial charge in [0.25, 0.3) is 0 Å². The van der Waals surface area contributed by atoms with E-state index in [2.05, 4.69) is 20.7 Å². The fourth-order valence-electron chi connectivity index (χ4n) is 2.18. The van der Waals surface area contributed by atoms with Gasteiger partial charge >= 0.3 is 0 Å². The second-order valence-electron chi connectivity index (χ2n) is 7.53. The van der Waals surface area contributed by atoms with E-state index in [9.17, 15) is 9.59 Å². The maximum atomic E-state index is 12.5. The number of Topliss-reactive ketones (excluding diaryl/α,β-unsaturated/α-hetero) is 1. The minimum atomic E-state index is -0.417. The minimum Gasteiger partial charge on any atom is -0.379 e. The summed E-state index contributed by atoms with van der Waals surface area (Å²) in [6.07, 6.45) is 0. The van der Waals surface area contributed by atoms with Crippen LogP contribution in [0.15, 0.2) is 5.11 Å². The summed E-state index contributed by atoms with van der Waals surface area (Å²) in [5.74, 6) is 0.941. The van der Waals surface area contributed by atoms with Crippen molar-refractivity contribution in [3.63, 3.8) is 0 Å². The summed E-state index contributed by atoms with van der Waals surface area (Å²) in [5, 5.41) is 9.43. The molecule has 0 aromatic heterocycles. The van der Waals surface area contributed by atoms with Crippen molar-refractivity contribution in [1.29, 1.82) is 0 Å². The van der Waals surface area contributed by atoms with Crippen LogP contribution in [0.25, 0.3) is 10.4 Å². The van der Waals surface area contributed by atoms with Crippen LogP contribution in [-0.2, 0) is 19.1 Å². The molecule has 0 unspecified atom stereocenters. The smallest absolute Gasteiger partial charge is 0.230 e. The third-order valence-corrected chi connectivity index (χ3v) is 4.48. The number of thioether (sulfide) groups is 1. The van der Waals surface area contributed by atoms with Crippen molar-refractivity contribution in [2.24, 2.45) is 10.5 Å². The van der Waals surface area contributed by atoms with Crippen LogP contribution in [-0.4, -0.2) is 74.8 Å². The molecule has 10 heteroatoms. The quantitative estimate of drug-likeness (QED) is 0.172. The topological polar surface area (TPSA) is 125 Å². The third kappa shape index (κ3) is 14.7. The van der Waals surface area contributed by atoms with E-state index in [1.165, 1.54) is 11.8 Å². The third-order valence-electron chi connectivity index (χ3n) is 3.45. The van der Waals surface area contributed by atoms with Crippen LogP contribution in [0.1, 0.15) is 34.6 Å². The van der Waals surface area contributed by atoms with Gasteiger partial charge in [0.05, 0.1) is 38.2 Å². The lowest BCUT2D eigenvalue weighted by molar-refractivity contribution is -0.128. The molecule has 28 heavy (non-hydrogen) atoms. The fourth-order valence-corrected chi connectivity index (χ4v) is 3.07. The van der Waals surface area contributed by atoms with Crippen molar-refractivity contribution >= 4 is 23.5 Å². The second-order valence-corrected chi connectivity index (χ2v) is 8.56. The Morgan fingerprint density at radius 3 is 2.36 bits per heavy atom. The first-order valence-corrected chi connectivity index (χ1v) is 10.6. The molecule has 9 nitrogen and oxygen atoms in total. The Labute approximate surface area is 172 Å². The number of azide groups is 1. The van der Waals surface area contributed by atoms with Gasteiger partial charge in [0.15, 0.2) is 5.78 Å². The summed E-state index contributed by atoms with van der Waals surface area (Å²) in [7, 11) is 0. The van der Waals surface area contributed by atoms with Gasteiger partial charge in [-0.2, -0.15) is 0 Å². The largest absolute Gasteiger partial charge is 0.379 e. The van der Waals surface area contributed by atoms with Gasteiger partial charge in [-0.25, -0.2) is 0 Å². The van der Waals surface area contributed by atoms with Crippen molar-refractivity contribution in [1.82, 2.24) is 10.6 Å². The Balaban J connectivity index is 3.86. The van der Waals surface area contributed by atoms with Crippen LogP contribution < -0.4 is 10.6 Å². The summed E-state index contributed by atoms with van der Waals surface area (Å²) < 4.78 is 10.5. The number of amides is 1. The number of carbonyl (C=O) groups is 2. The number of rotatable bonds is 16. The average Bonchev–Trinajstić information content (AvgIpc) is 2.60. The normalized spacial score (nSPS) is 12.5. The highest BCUT2D eigenvalue weighted by Gasteiger charge is 2.29. The van der Waals surface area contributed by atoms with Gasteiger partial charge in [0, 0.05) is 35.2 Å². The van der Waals surface area contributed by atoms with Crippen LogP contribution >= 0.6 is 11.8 Å². The zero-order chi connectivity index (χ0) is 21.4. The molecule has 0 saturated carbocycles. The van der Waals surface area contributed by atoms with Crippen LogP contribution in [0.2, 0.25) is 0 Å². The highest BCUT2D eigenvalue weighted by Crippen LogP contribution is 2.19. The number of ether oxygens (including phenoxy) is 2. The Morgan fingerprint density at radius 2 is 1.79 bits per heavy atom. The molecule has 0 radical (unpaired) electrons. The number of carbonyl (C=O) groups excluding carboxylic acids is 2. The van der Waals surface area contributed by atoms with E-state index in [-0.39, 0.29) is 23.8 Å². The zero-order valence-corrected chi connectivity index (χ0v) is 18.5. The number of nitrogens with zero attached hydrogens (tertiary/aromatic N) is 3. The maximum absolute atomic E-state index is 12.5. The predicted octanol–water partition coefficient (Wildman–Crippen LogP) is 2.16. The first kappa shape index (κ1) is 26.7. The molecule has 1 atom stereocenters. The number of hydrogen-bond donors (Lipinski definition) is 2. The molecule has 0 aliphatic rings. The van der Waals surface area contributed by atoms with Gasteiger partial charge in [-0.05, 0) is 5.53 Å². The van der Waals surface area contributed by atoms with Gasteiger partial charge in [0.1, 0.15) is 0 Å². The Hall–Kier alpha value is -1.32. The molecule has 0 spiro atoms. The van der Waals surface area contributed by atoms with Crippen LogP contribution in [0.4, 0.5) is 0 Å². The van der Waals surface area contributed by atoms with E-state index in [1.807, 2.05) is 34.6 Å². The first-order chi connectivity index (χ1) is 13.2. The molecule has 0 aromatic rings. The zero-order valence-electron chi connectivity index (χ0n) is 17.7. The van der Waals surface area contributed by atoms with Gasteiger partial charge in [0.2, 0.25) is 5.91 Å². The molecule has 0 saturated heterocycles. The Bertz CT molecular complexity index is 505. The van der Waals surface area contributed by atoms with Crippen molar-refractivity contribution < 1.29 is 19.1 Å². The van der Waals surface area contributed by atoms with E-state index >= 15 is 0 Å². The Morgan fingerprint density at radius 1 is 1.14 bits per heavy atom. The van der Waals surface area contributed by atoms with Crippen molar-refractivity contribution in [2.45, 2.75) is 46.7 Å². The summed E-state index contributed by atoms with van der Waals surface area (Å²) in [6.45, 7) is 12.1. The SMILES string of the molecule is CC(C)N[C@@H](CSCC(=O)NCCOCCOCCN=[N+]=[N-])C(=O)C(C)(C)C. The maximum Gasteiger partial charge on any atom is 0.230 e. The fraction of sp³-hybridized carbons (Fsp3) is 0.889.